The molecule has 0 saturated heterocycles. The zero-order chi connectivity index (χ0) is 15.3. The summed E-state index contributed by atoms with van der Waals surface area (Å²) < 4.78 is 5.23. The molecule has 1 aliphatic carbocycles. The van der Waals surface area contributed by atoms with Crippen LogP contribution >= 0.6 is 0 Å². The molecule has 0 aromatic heterocycles. The highest BCUT2D eigenvalue weighted by molar-refractivity contribution is 5.92. The van der Waals surface area contributed by atoms with Crippen LogP contribution in [-0.2, 0) is 9.53 Å². The van der Waals surface area contributed by atoms with E-state index in [0.717, 1.165) is 25.7 Å². The van der Waals surface area contributed by atoms with Gasteiger partial charge in [0.15, 0.2) is 0 Å². The van der Waals surface area contributed by atoms with Crippen LogP contribution in [0.3, 0.4) is 0 Å². The molecule has 20 heavy (non-hydrogen) atoms. The maximum atomic E-state index is 11.7. The van der Waals surface area contributed by atoms with Gasteiger partial charge in [0.2, 0.25) is 5.91 Å². The molecule has 0 aromatic carbocycles. The molecule has 2 amide bonds. The monoisotopic (exact) mass is 282 g/mol. The number of amides is 2. The summed E-state index contributed by atoms with van der Waals surface area (Å²) in [4.78, 5) is 23.2. The third-order valence-corrected chi connectivity index (χ3v) is 3.17. The van der Waals surface area contributed by atoms with Gasteiger partial charge < -0.3 is 15.4 Å². The van der Waals surface area contributed by atoms with Gasteiger partial charge in [-0.2, -0.15) is 0 Å². The number of ether oxygens (including phenoxy) is 1. The van der Waals surface area contributed by atoms with Crippen molar-refractivity contribution in [2.75, 3.05) is 0 Å². The molecule has 114 valence electrons. The maximum Gasteiger partial charge on any atom is 0.407 e. The van der Waals surface area contributed by atoms with Crippen LogP contribution in [0.15, 0.2) is 12.2 Å². The minimum atomic E-state index is -0.475. The predicted molar refractivity (Wildman–Crippen MR) is 78.4 cm³/mol. The van der Waals surface area contributed by atoms with E-state index >= 15 is 0 Å². The molecule has 0 radical (unpaired) electrons. The molecule has 0 aromatic rings. The van der Waals surface area contributed by atoms with E-state index in [1.165, 1.54) is 0 Å². The summed E-state index contributed by atoms with van der Waals surface area (Å²) in [5.74, 6) is -0.0893. The number of carbonyl (C=O) groups is 2. The number of rotatable bonds is 3. The number of hydrogen-bond acceptors (Lipinski definition) is 3. The largest absolute Gasteiger partial charge is 0.444 e. The quantitative estimate of drug-likeness (QED) is 0.782. The smallest absolute Gasteiger partial charge is 0.407 e. The van der Waals surface area contributed by atoms with Gasteiger partial charge in [-0.1, -0.05) is 6.58 Å². The first-order valence-corrected chi connectivity index (χ1v) is 7.13. The number of carbonyl (C=O) groups excluding carboxylic acids is 2. The lowest BCUT2D eigenvalue weighted by Gasteiger charge is -2.30. The van der Waals surface area contributed by atoms with Gasteiger partial charge in [0.25, 0.3) is 0 Å². The lowest BCUT2D eigenvalue weighted by Crippen LogP contribution is -2.45. The molecule has 0 unspecified atom stereocenters. The first kappa shape index (κ1) is 16.5. The second-order valence-corrected chi connectivity index (χ2v) is 6.45. The topological polar surface area (TPSA) is 67.4 Å². The third kappa shape index (κ3) is 6.08. The Morgan fingerprint density at radius 2 is 1.50 bits per heavy atom. The highest BCUT2D eigenvalue weighted by atomic mass is 16.6. The van der Waals surface area contributed by atoms with Crippen LogP contribution in [0, 0.1) is 0 Å². The highest BCUT2D eigenvalue weighted by Crippen LogP contribution is 2.19. The van der Waals surface area contributed by atoms with Crippen LogP contribution in [0.4, 0.5) is 4.79 Å². The van der Waals surface area contributed by atoms with Gasteiger partial charge in [-0.15, -0.1) is 0 Å². The molecule has 5 nitrogen and oxygen atoms in total. The van der Waals surface area contributed by atoms with Gasteiger partial charge in [0.1, 0.15) is 5.60 Å². The Morgan fingerprint density at radius 3 is 1.90 bits per heavy atom. The Hall–Kier alpha value is -1.52. The van der Waals surface area contributed by atoms with Crippen molar-refractivity contribution in [3.63, 3.8) is 0 Å². The van der Waals surface area contributed by atoms with Crippen LogP contribution in [0.2, 0.25) is 0 Å². The van der Waals surface area contributed by atoms with E-state index in [2.05, 4.69) is 17.2 Å². The molecular formula is C15H26N2O3. The highest BCUT2D eigenvalue weighted by Gasteiger charge is 2.25. The molecule has 0 atom stereocenters. The SMILES string of the molecule is C=C(C)C(=O)NC1CCC(NC(=O)OC(C)(C)C)CC1. The molecule has 1 fully saturated rings. The Kier molecular flexibility index (Phi) is 5.60. The van der Waals surface area contributed by atoms with E-state index in [1.807, 2.05) is 20.8 Å². The fraction of sp³-hybridized carbons (Fsp3) is 0.733. The normalized spacial score (nSPS) is 22.8. The summed E-state index contributed by atoms with van der Waals surface area (Å²) in [6.07, 6.45) is 3.05. The lowest BCUT2D eigenvalue weighted by molar-refractivity contribution is -0.118. The van der Waals surface area contributed by atoms with Crippen molar-refractivity contribution in [1.29, 1.82) is 0 Å². The van der Waals surface area contributed by atoms with E-state index < -0.39 is 5.60 Å². The minimum absolute atomic E-state index is 0.0893. The van der Waals surface area contributed by atoms with E-state index in [-0.39, 0.29) is 24.1 Å². The minimum Gasteiger partial charge on any atom is -0.444 e. The van der Waals surface area contributed by atoms with Crippen LogP contribution in [0.5, 0.6) is 0 Å². The Labute approximate surface area is 121 Å². The van der Waals surface area contributed by atoms with E-state index in [1.54, 1.807) is 6.92 Å². The molecule has 5 heteroatoms. The third-order valence-electron chi connectivity index (χ3n) is 3.17. The van der Waals surface area contributed by atoms with Crippen molar-refractivity contribution in [1.82, 2.24) is 10.6 Å². The van der Waals surface area contributed by atoms with Gasteiger partial charge in [-0.25, -0.2) is 4.79 Å². The van der Waals surface area contributed by atoms with Crippen molar-refractivity contribution < 1.29 is 14.3 Å². The second kappa shape index (κ2) is 6.77. The Morgan fingerprint density at radius 1 is 1.05 bits per heavy atom. The van der Waals surface area contributed by atoms with Crippen LogP contribution < -0.4 is 10.6 Å². The van der Waals surface area contributed by atoms with E-state index in [9.17, 15) is 9.59 Å². The average molecular weight is 282 g/mol. The molecule has 0 bridgehead atoms. The van der Waals surface area contributed by atoms with Crippen molar-refractivity contribution in [2.24, 2.45) is 0 Å². The summed E-state index contributed by atoms with van der Waals surface area (Å²) in [6, 6.07) is 0.304. The van der Waals surface area contributed by atoms with Crippen molar-refractivity contribution in [2.45, 2.75) is 71.1 Å². The number of hydrogen-bond donors (Lipinski definition) is 2. The summed E-state index contributed by atoms with van der Waals surface area (Å²) in [5.41, 5.74) is 0.0514. The predicted octanol–water partition coefficient (Wildman–Crippen LogP) is 2.51. The van der Waals surface area contributed by atoms with Crippen molar-refractivity contribution >= 4 is 12.0 Å². The molecule has 0 heterocycles. The fourth-order valence-corrected chi connectivity index (χ4v) is 2.16. The van der Waals surface area contributed by atoms with Crippen molar-refractivity contribution in [3.05, 3.63) is 12.2 Å². The zero-order valence-corrected chi connectivity index (χ0v) is 12.9. The average Bonchev–Trinajstić information content (AvgIpc) is 2.28. The van der Waals surface area contributed by atoms with E-state index in [0.29, 0.717) is 5.57 Å². The Balaban J connectivity index is 2.30. The standard InChI is InChI=1S/C15H26N2O3/c1-10(2)13(18)16-11-6-8-12(9-7-11)17-14(19)20-15(3,4)5/h11-12H,1,6-9H2,2-5H3,(H,16,18)(H,17,19). The van der Waals surface area contributed by atoms with Gasteiger partial charge in [-0.3, -0.25) is 4.79 Å². The zero-order valence-electron chi connectivity index (χ0n) is 12.9. The molecule has 1 aliphatic rings. The van der Waals surface area contributed by atoms with Gasteiger partial charge in [0, 0.05) is 17.7 Å². The first-order valence-electron chi connectivity index (χ1n) is 7.13. The van der Waals surface area contributed by atoms with Gasteiger partial charge in [-0.05, 0) is 53.4 Å². The fourth-order valence-electron chi connectivity index (χ4n) is 2.16. The summed E-state index contributed by atoms with van der Waals surface area (Å²) in [5, 5.41) is 5.83. The summed E-state index contributed by atoms with van der Waals surface area (Å²) in [7, 11) is 0. The van der Waals surface area contributed by atoms with Crippen molar-refractivity contribution in [3.8, 4) is 0 Å². The molecule has 1 saturated carbocycles. The van der Waals surface area contributed by atoms with E-state index in [4.69, 9.17) is 4.74 Å². The maximum absolute atomic E-state index is 11.7. The molecular weight excluding hydrogens is 256 g/mol. The Bertz CT molecular complexity index is 377. The molecule has 0 aliphatic heterocycles. The van der Waals surface area contributed by atoms with Gasteiger partial charge >= 0.3 is 6.09 Å². The molecule has 1 rings (SSSR count). The summed E-state index contributed by atoms with van der Waals surface area (Å²) in [6.45, 7) is 10.9. The summed E-state index contributed by atoms with van der Waals surface area (Å²) >= 11 is 0. The second-order valence-electron chi connectivity index (χ2n) is 6.45. The van der Waals surface area contributed by atoms with Crippen LogP contribution in [0.1, 0.15) is 53.4 Å². The van der Waals surface area contributed by atoms with Crippen LogP contribution in [0.25, 0.3) is 0 Å². The molecule has 2 N–H and O–H groups in total. The van der Waals surface area contributed by atoms with Crippen LogP contribution in [-0.4, -0.2) is 29.7 Å². The van der Waals surface area contributed by atoms with Gasteiger partial charge in [0.05, 0.1) is 0 Å². The number of alkyl carbamates (subject to hydrolysis) is 1. The molecule has 0 spiro atoms. The lowest BCUT2D eigenvalue weighted by atomic mass is 9.91. The number of nitrogens with one attached hydrogen (secondary N) is 2. The first-order chi connectivity index (χ1) is 9.17.